The van der Waals surface area contributed by atoms with Gasteiger partial charge < -0.3 is 10.6 Å². The lowest BCUT2D eigenvalue weighted by atomic mass is 9.78. The number of hydrogen-bond acceptors (Lipinski definition) is 2. The molecule has 2 heterocycles. The largest absolute Gasteiger partial charge is 0.353 e. The minimum absolute atomic E-state index is 0. The third kappa shape index (κ3) is 4.31. The zero-order valence-corrected chi connectivity index (χ0v) is 15.9. The van der Waals surface area contributed by atoms with Crippen molar-refractivity contribution >= 4 is 18.3 Å². The molecule has 2 fully saturated rings. The van der Waals surface area contributed by atoms with E-state index in [0.29, 0.717) is 24.4 Å². The average Bonchev–Trinajstić information content (AvgIpc) is 2.86. The first kappa shape index (κ1) is 19.3. The molecular formula is C20H31ClN2O. The zero-order chi connectivity index (χ0) is 16.4. The third-order valence-electron chi connectivity index (χ3n) is 6.02. The fourth-order valence-electron chi connectivity index (χ4n) is 4.20. The summed E-state index contributed by atoms with van der Waals surface area (Å²) in [6.45, 7) is 6.53. The number of rotatable bonds is 5. The molecule has 24 heavy (non-hydrogen) atoms. The highest BCUT2D eigenvalue weighted by Crippen LogP contribution is 2.33. The number of carbonyl (C=O) groups excluding carboxylic acids is 1. The first-order valence-electron chi connectivity index (χ1n) is 9.06. The Hall–Kier alpha value is -1.06. The van der Waals surface area contributed by atoms with Gasteiger partial charge in [0, 0.05) is 30.0 Å². The number of fused-ring (bicyclic) bond motifs is 2. The Kier molecular flexibility index (Phi) is 6.33. The van der Waals surface area contributed by atoms with Crippen LogP contribution in [0.5, 0.6) is 0 Å². The van der Waals surface area contributed by atoms with Crippen LogP contribution in [0.1, 0.15) is 58.4 Å². The van der Waals surface area contributed by atoms with Crippen molar-refractivity contribution in [2.24, 2.45) is 5.92 Å². The van der Waals surface area contributed by atoms with E-state index in [1.165, 1.54) is 31.2 Å². The molecule has 134 valence electrons. The topological polar surface area (TPSA) is 41.1 Å². The molecule has 4 heteroatoms. The molecule has 3 atom stereocenters. The number of carbonyl (C=O) groups is 1. The van der Waals surface area contributed by atoms with Crippen LogP contribution < -0.4 is 10.6 Å². The van der Waals surface area contributed by atoms with E-state index in [1.807, 2.05) is 6.07 Å². The van der Waals surface area contributed by atoms with Crippen molar-refractivity contribution < 1.29 is 4.79 Å². The van der Waals surface area contributed by atoms with Gasteiger partial charge in [0.25, 0.3) is 0 Å². The van der Waals surface area contributed by atoms with Gasteiger partial charge in [0.15, 0.2) is 0 Å². The van der Waals surface area contributed by atoms with E-state index in [0.717, 1.165) is 0 Å². The van der Waals surface area contributed by atoms with Crippen LogP contribution in [-0.2, 0) is 10.2 Å². The summed E-state index contributed by atoms with van der Waals surface area (Å²) in [5, 5.41) is 6.91. The molecule has 1 aromatic carbocycles. The second kappa shape index (κ2) is 7.88. The second-order valence-electron chi connectivity index (χ2n) is 8.06. The second-order valence-corrected chi connectivity index (χ2v) is 8.06. The Morgan fingerprint density at radius 2 is 1.79 bits per heavy atom. The van der Waals surface area contributed by atoms with Crippen LogP contribution in [0.2, 0.25) is 0 Å². The summed E-state index contributed by atoms with van der Waals surface area (Å²) >= 11 is 0. The molecule has 2 bridgehead atoms. The van der Waals surface area contributed by atoms with Crippen molar-refractivity contribution in [3.63, 3.8) is 0 Å². The van der Waals surface area contributed by atoms with Gasteiger partial charge in [-0.3, -0.25) is 4.79 Å². The van der Waals surface area contributed by atoms with Gasteiger partial charge in [-0.25, -0.2) is 0 Å². The predicted octanol–water partition coefficient (Wildman–Crippen LogP) is 3.81. The van der Waals surface area contributed by atoms with Crippen LogP contribution in [0.25, 0.3) is 0 Å². The summed E-state index contributed by atoms with van der Waals surface area (Å²) in [6, 6.07) is 11.9. The fraction of sp³-hybridized carbons (Fsp3) is 0.650. The lowest BCUT2D eigenvalue weighted by Gasteiger charge is -2.34. The molecule has 2 saturated heterocycles. The Labute approximate surface area is 152 Å². The quantitative estimate of drug-likeness (QED) is 0.847. The van der Waals surface area contributed by atoms with Gasteiger partial charge in [0.2, 0.25) is 5.91 Å². The summed E-state index contributed by atoms with van der Waals surface area (Å²) in [5.41, 5.74) is 1.21. The Balaban J connectivity index is 0.00000208. The third-order valence-corrected chi connectivity index (χ3v) is 6.02. The molecular weight excluding hydrogens is 320 g/mol. The van der Waals surface area contributed by atoms with Gasteiger partial charge >= 0.3 is 0 Å². The number of amides is 1. The normalized spacial score (nSPS) is 27.2. The lowest BCUT2D eigenvalue weighted by Crippen LogP contribution is -2.46. The molecule has 3 nitrogen and oxygen atoms in total. The molecule has 0 aromatic heterocycles. The highest BCUT2D eigenvalue weighted by molar-refractivity contribution is 5.85. The maximum Gasteiger partial charge on any atom is 0.220 e. The molecule has 0 radical (unpaired) electrons. The van der Waals surface area contributed by atoms with Gasteiger partial charge in [-0.05, 0) is 44.1 Å². The number of nitrogens with one attached hydrogen (secondary N) is 2. The van der Waals surface area contributed by atoms with Gasteiger partial charge in [0.1, 0.15) is 0 Å². The highest BCUT2D eigenvalue weighted by Gasteiger charge is 2.35. The minimum atomic E-state index is -0.0654. The number of halogens is 1. The van der Waals surface area contributed by atoms with Crippen molar-refractivity contribution in [2.75, 3.05) is 0 Å². The van der Waals surface area contributed by atoms with Gasteiger partial charge in [0.05, 0.1) is 0 Å². The van der Waals surface area contributed by atoms with E-state index in [-0.39, 0.29) is 29.8 Å². The van der Waals surface area contributed by atoms with Gasteiger partial charge in [-0.15, -0.1) is 12.4 Å². The smallest absolute Gasteiger partial charge is 0.220 e. The van der Waals surface area contributed by atoms with Gasteiger partial charge in [-0.2, -0.15) is 0 Å². The van der Waals surface area contributed by atoms with Crippen LogP contribution in [-0.4, -0.2) is 24.0 Å². The van der Waals surface area contributed by atoms with E-state index in [4.69, 9.17) is 0 Å². The van der Waals surface area contributed by atoms with Crippen molar-refractivity contribution in [3.8, 4) is 0 Å². The summed E-state index contributed by atoms with van der Waals surface area (Å²) < 4.78 is 0. The van der Waals surface area contributed by atoms with Crippen molar-refractivity contribution in [1.29, 1.82) is 0 Å². The molecule has 2 aliphatic heterocycles. The molecule has 0 aliphatic carbocycles. The summed E-state index contributed by atoms with van der Waals surface area (Å²) in [6.07, 6.45) is 5.60. The monoisotopic (exact) mass is 350 g/mol. The van der Waals surface area contributed by atoms with E-state index in [2.05, 4.69) is 55.7 Å². The van der Waals surface area contributed by atoms with Crippen LogP contribution in [0.4, 0.5) is 0 Å². The van der Waals surface area contributed by atoms with Crippen LogP contribution in [0.15, 0.2) is 30.3 Å². The Bertz CT molecular complexity index is 534. The average molecular weight is 351 g/mol. The summed E-state index contributed by atoms with van der Waals surface area (Å²) in [5.74, 6) is 0.772. The maximum atomic E-state index is 12.5. The minimum Gasteiger partial charge on any atom is -0.353 e. The fourth-order valence-corrected chi connectivity index (χ4v) is 4.20. The van der Waals surface area contributed by atoms with E-state index in [1.54, 1.807) is 0 Å². The maximum absolute atomic E-state index is 12.5. The molecule has 2 N–H and O–H groups in total. The van der Waals surface area contributed by atoms with E-state index >= 15 is 0 Å². The molecule has 3 rings (SSSR count). The first-order valence-corrected chi connectivity index (χ1v) is 9.06. The first-order chi connectivity index (χ1) is 10.9. The summed E-state index contributed by atoms with van der Waals surface area (Å²) in [7, 11) is 0. The van der Waals surface area contributed by atoms with Crippen LogP contribution in [0, 0.1) is 5.92 Å². The van der Waals surface area contributed by atoms with Crippen molar-refractivity contribution in [1.82, 2.24) is 10.6 Å². The predicted molar refractivity (Wildman–Crippen MR) is 102 cm³/mol. The zero-order valence-electron chi connectivity index (χ0n) is 15.0. The SMILES string of the molecule is CC(NC(=O)CC1CC2CCC(C1)N2)C(C)(C)c1ccccc1.Cl. The van der Waals surface area contributed by atoms with Crippen molar-refractivity contribution in [3.05, 3.63) is 35.9 Å². The molecule has 1 aromatic rings. The standard InChI is InChI=1S/C20H30N2O.ClH/c1-14(20(2,3)16-7-5-4-6-8-16)21-19(23)13-15-11-17-9-10-18(12-15)22-17;/h4-8,14-15,17-18,22H,9-13H2,1-3H3,(H,21,23);1H. The Morgan fingerprint density at radius 3 is 2.38 bits per heavy atom. The molecule has 3 unspecified atom stereocenters. The van der Waals surface area contributed by atoms with Crippen LogP contribution >= 0.6 is 12.4 Å². The Morgan fingerprint density at radius 1 is 1.21 bits per heavy atom. The van der Waals surface area contributed by atoms with Crippen LogP contribution in [0.3, 0.4) is 0 Å². The van der Waals surface area contributed by atoms with Gasteiger partial charge in [-0.1, -0.05) is 44.2 Å². The lowest BCUT2D eigenvalue weighted by molar-refractivity contribution is -0.123. The van der Waals surface area contributed by atoms with E-state index < -0.39 is 0 Å². The number of piperidine rings is 1. The highest BCUT2D eigenvalue weighted by atomic mass is 35.5. The molecule has 2 aliphatic rings. The number of benzene rings is 1. The molecule has 0 spiro atoms. The van der Waals surface area contributed by atoms with E-state index in [9.17, 15) is 4.79 Å². The summed E-state index contributed by atoms with van der Waals surface area (Å²) in [4.78, 5) is 12.5. The van der Waals surface area contributed by atoms with Crippen molar-refractivity contribution in [2.45, 2.75) is 76.4 Å². The molecule has 1 amide bonds. The molecule has 0 saturated carbocycles. The number of hydrogen-bond donors (Lipinski definition) is 2.